The van der Waals surface area contributed by atoms with Gasteiger partial charge in [0.15, 0.2) is 0 Å². The molecular formula is C22H22Br2N2O6. The average Bonchev–Trinajstić information content (AvgIpc) is 3.13. The number of halogens is 2. The van der Waals surface area contributed by atoms with Gasteiger partial charge in [0.1, 0.15) is 6.04 Å². The van der Waals surface area contributed by atoms with E-state index < -0.39 is 40.4 Å². The van der Waals surface area contributed by atoms with Gasteiger partial charge in [-0.05, 0) is 49.2 Å². The third-order valence-corrected chi connectivity index (χ3v) is 6.49. The van der Waals surface area contributed by atoms with E-state index in [0.29, 0.717) is 11.1 Å². The maximum absolute atomic E-state index is 13.3. The van der Waals surface area contributed by atoms with Gasteiger partial charge in [-0.25, -0.2) is 9.59 Å². The molecule has 2 aromatic carbocycles. The van der Waals surface area contributed by atoms with Crippen molar-refractivity contribution < 1.29 is 24.0 Å². The van der Waals surface area contributed by atoms with Gasteiger partial charge >= 0.3 is 11.9 Å². The normalized spacial score (nSPS) is 21.7. The third kappa shape index (κ3) is 4.44. The van der Waals surface area contributed by atoms with E-state index in [2.05, 4.69) is 37.2 Å². The predicted molar refractivity (Wildman–Crippen MR) is 124 cm³/mol. The minimum atomic E-state index is -2.09. The summed E-state index contributed by atoms with van der Waals surface area (Å²) < 4.78 is 12.1. The summed E-state index contributed by atoms with van der Waals surface area (Å²) in [4.78, 5) is 38.6. The number of nitrogens with zero attached hydrogens (tertiary/aromatic N) is 1. The summed E-state index contributed by atoms with van der Waals surface area (Å²) in [6.07, 6.45) is 0. The van der Waals surface area contributed by atoms with E-state index in [-0.39, 0.29) is 13.2 Å². The maximum atomic E-state index is 13.3. The summed E-state index contributed by atoms with van der Waals surface area (Å²) in [6, 6.07) is 11.4. The first kappa shape index (κ1) is 24.3. The van der Waals surface area contributed by atoms with E-state index >= 15 is 0 Å². The fourth-order valence-electron chi connectivity index (χ4n) is 4.13. The van der Waals surface area contributed by atoms with Crippen LogP contribution in [-0.2, 0) is 19.1 Å². The van der Waals surface area contributed by atoms with Crippen LogP contribution in [0.5, 0.6) is 0 Å². The Kier molecular flexibility index (Phi) is 7.68. The SMILES string of the molecule is CCOC(=O)C1(C(=O)OCC)N[C@H](c2ccc(Br)cc2)[C@H]([N+](=O)[O-])[C@H]1c1ccc(Br)cc1. The number of nitrogens with one attached hydrogen (secondary N) is 1. The highest BCUT2D eigenvalue weighted by Gasteiger charge is 2.69. The number of esters is 2. The van der Waals surface area contributed by atoms with Gasteiger partial charge in [-0.15, -0.1) is 0 Å². The van der Waals surface area contributed by atoms with Gasteiger partial charge in [-0.3, -0.25) is 15.4 Å². The molecule has 32 heavy (non-hydrogen) atoms. The Hall–Kier alpha value is -2.30. The lowest BCUT2D eigenvalue weighted by molar-refractivity contribution is -0.527. The van der Waals surface area contributed by atoms with Crippen LogP contribution < -0.4 is 5.32 Å². The molecule has 0 spiro atoms. The lowest BCUT2D eigenvalue weighted by atomic mass is 9.77. The zero-order valence-electron chi connectivity index (χ0n) is 17.4. The van der Waals surface area contributed by atoms with Crippen LogP contribution in [0.15, 0.2) is 57.5 Å². The first-order valence-corrected chi connectivity index (χ1v) is 11.6. The first-order chi connectivity index (χ1) is 15.3. The van der Waals surface area contributed by atoms with Crippen LogP contribution in [-0.4, -0.2) is 41.7 Å². The Morgan fingerprint density at radius 1 is 0.938 bits per heavy atom. The predicted octanol–water partition coefficient (Wildman–Crippen LogP) is 4.15. The van der Waals surface area contributed by atoms with E-state index in [0.717, 1.165) is 8.95 Å². The van der Waals surface area contributed by atoms with Crippen molar-refractivity contribution in [3.63, 3.8) is 0 Å². The Bertz CT molecular complexity index is 978. The van der Waals surface area contributed by atoms with Crippen molar-refractivity contribution in [3.05, 3.63) is 78.7 Å². The summed E-state index contributed by atoms with van der Waals surface area (Å²) in [6.45, 7) is 3.22. The summed E-state index contributed by atoms with van der Waals surface area (Å²) in [5, 5.41) is 15.4. The highest BCUT2D eigenvalue weighted by atomic mass is 79.9. The van der Waals surface area contributed by atoms with Crippen molar-refractivity contribution in [1.29, 1.82) is 0 Å². The molecule has 1 saturated heterocycles. The molecule has 1 heterocycles. The van der Waals surface area contributed by atoms with Crippen LogP contribution in [0.25, 0.3) is 0 Å². The molecule has 0 saturated carbocycles. The van der Waals surface area contributed by atoms with E-state index in [1.165, 1.54) is 0 Å². The van der Waals surface area contributed by atoms with Gasteiger partial charge in [0, 0.05) is 13.9 Å². The summed E-state index contributed by atoms with van der Waals surface area (Å²) in [5.74, 6) is -2.98. The van der Waals surface area contributed by atoms with Crippen molar-refractivity contribution in [1.82, 2.24) is 5.32 Å². The number of benzene rings is 2. The topological polar surface area (TPSA) is 108 Å². The Labute approximate surface area is 202 Å². The van der Waals surface area contributed by atoms with E-state index in [4.69, 9.17) is 9.47 Å². The zero-order valence-corrected chi connectivity index (χ0v) is 20.6. The van der Waals surface area contributed by atoms with Crippen LogP contribution in [0, 0.1) is 10.1 Å². The molecule has 3 rings (SSSR count). The van der Waals surface area contributed by atoms with E-state index in [9.17, 15) is 19.7 Å². The fourth-order valence-corrected chi connectivity index (χ4v) is 4.65. The number of nitro groups is 1. The van der Waals surface area contributed by atoms with Crippen LogP contribution in [0.4, 0.5) is 0 Å². The highest BCUT2D eigenvalue weighted by Crippen LogP contribution is 2.47. The van der Waals surface area contributed by atoms with Gasteiger partial charge in [0.05, 0.1) is 19.1 Å². The van der Waals surface area contributed by atoms with Gasteiger partial charge < -0.3 is 9.47 Å². The molecule has 0 radical (unpaired) electrons. The molecule has 170 valence electrons. The molecule has 10 heteroatoms. The number of carbonyl (C=O) groups excluding carboxylic acids is 2. The number of hydrogen-bond acceptors (Lipinski definition) is 7. The second kappa shape index (κ2) is 10.1. The largest absolute Gasteiger partial charge is 0.464 e. The van der Waals surface area contributed by atoms with Gasteiger partial charge in [-0.2, -0.15) is 0 Å². The number of ether oxygens (including phenoxy) is 2. The quantitative estimate of drug-likeness (QED) is 0.231. The van der Waals surface area contributed by atoms with Crippen LogP contribution in [0.2, 0.25) is 0 Å². The molecule has 0 aromatic heterocycles. The molecule has 1 aliphatic rings. The van der Waals surface area contributed by atoms with E-state index in [1.807, 2.05) is 0 Å². The summed E-state index contributed by atoms with van der Waals surface area (Å²) >= 11 is 6.71. The summed E-state index contributed by atoms with van der Waals surface area (Å²) in [5.41, 5.74) is -1.08. The van der Waals surface area contributed by atoms with Crippen molar-refractivity contribution in [2.45, 2.75) is 37.4 Å². The van der Waals surface area contributed by atoms with Gasteiger partial charge in [0.25, 0.3) is 0 Å². The molecule has 1 N–H and O–H groups in total. The second-order valence-electron chi connectivity index (χ2n) is 7.23. The molecule has 3 atom stereocenters. The lowest BCUT2D eigenvalue weighted by Gasteiger charge is -2.30. The van der Waals surface area contributed by atoms with Crippen molar-refractivity contribution >= 4 is 43.8 Å². The van der Waals surface area contributed by atoms with Crippen LogP contribution in [0.1, 0.15) is 36.9 Å². The molecule has 0 aliphatic carbocycles. The van der Waals surface area contributed by atoms with Crippen molar-refractivity contribution in [3.8, 4) is 0 Å². The number of rotatable bonds is 7. The molecule has 0 bridgehead atoms. The third-order valence-electron chi connectivity index (χ3n) is 5.43. The standard InChI is InChI=1S/C22H22Br2N2O6/c1-3-31-20(27)22(21(28)32-4-2)17(13-5-9-15(23)10-6-13)19(26(29)30)18(25-22)14-7-11-16(24)12-8-14/h5-12,17-19,25H,3-4H2,1-2H3/t17-,18-,19-/m1/s1. The molecule has 0 unspecified atom stereocenters. The van der Waals surface area contributed by atoms with Crippen molar-refractivity contribution in [2.75, 3.05) is 13.2 Å². The smallest absolute Gasteiger partial charge is 0.339 e. The van der Waals surface area contributed by atoms with Crippen LogP contribution in [0.3, 0.4) is 0 Å². The Balaban J connectivity index is 2.27. The molecule has 1 aliphatic heterocycles. The Morgan fingerprint density at radius 2 is 1.38 bits per heavy atom. The summed E-state index contributed by atoms with van der Waals surface area (Å²) in [7, 11) is 0. The molecule has 2 aromatic rings. The second-order valence-corrected chi connectivity index (χ2v) is 9.06. The number of carbonyl (C=O) groups is 2. The fraction of sp³-hybridized carbons (Fsp3) is 0.364. The van der Waals surface area contributed by atoms with Crippen LogP contribution >= 0.6 is 31.9 Å². The highest BCUT2D eigenvalue weighted by molar-refractivity contribution is 9.10. The zero-order chi connectivity index (χ0) is 23.5. The molecule has 8 nitrogen and oxygen atoms in total. The molecule has 1 fully saturated rings. The van der Waals surface area contributed by atoms with Gasteiger partial charge in [0.2, 0.25) is 11.6 Å². The Morgan fingerprint density at radius 3 is 1.78 bits per heavy atom. The number of hydrogen-bond donors (Lipinski definition) is 1. The average molecular weight is 570 g/mol. The lowest BCUT2D eigenvalue weighted by Crippen LogP contribution is -2.60. The minimum Gasteiger partial charge on any atom is -0.464 e. The van der Waals surface area contributed by atoms with Gasteiger partial charge in [-0.1, -0.05) is 56.1 Å². The molecular weight excluding hydrogens is 548 g/mol. The monoisotopic (exact) mass is 568 g/mol. The minimum absolute atomic E-state index is 0.000801. The van der Waals surface area contributed by atoms with Crippen molar-refractivity contribution in [2.24, 2.45) is 0 Å². The first-order valence-electron chi connectivity index (χ1n) is 10.0. The molecule has 0 amide bonds. The maximum Gasteiger partial charge on any atom is 0.339 e. The van der Waals surface area contributed by atoms with E-state index in [1.54, 1.807) is 62.4 Å².